The lowest BCUT2D eigenvalue weighted by Gasteiger charge is -2.15. The van der Waals surface area contributed by atoms with Crippen LogP contribution in [-0.2, 0) is 27.9 Å². The molecule has 2 atom stereocenters. The molecule has 0 fully saturated rings. The van der Waals surface area contributed by atoms with Crippen molar-refractivity contribution in [3.05, 3.63) is 36.5 Å². The van der Waals surface area contributed by atoms with Gasteiger partial charge in [0.2, 0.25) is 5.91 Å². The van der Waals surface area contributed by atoms with Crippen LogP contribution in [0, 0.1) is 0 Å². The van der Waals surface area contributed by atoms with E-state index in [-0.39, 0.29) is 32.1 Å². The van der Waals surface area contributed by atoms with Crippen LogP contribution in [-0.4, -0.2) is 54.3 Å². The molecular formula is C40H74NO8P. The highest BCUT2D eigenvalue weighted by atomic mass is 31.2. The molecule has 0 aromatic rings. The number of aliphatic hydroxyl groups is 1. The topological polar surface area (TPSA) is 131 Å². The Morgan fingerprint density at radius 1 is 0.620 bits per heavy atom. The Kier molecular flexibility index (Phi) is 35.7. The molecule has 50 heavy (non-hydrogen) atoms. The first-order valence-corrected chi connectivity index (χ1v) is 21.5. The fourth-order valence-electron chi connectivity index (χ4n) is 5.23. The number of allylic oxidation sites excluding steroid dienone is 6. The molecule has 0 spiro atoms. The zero-order chi connectivity index (χ0) is 36.8. The molecule has 9 nitrogen and oxygen atoms in total. The minimum atomic E-state index is -4.42. The third-order valence-electron chi connectivity index (χ3n) is 8.29. The van der Waals surface area contributed by atoms with Crippen molar-refractivity contribution in [2.75, 3.05) is 26.4 Å². The smallest absolute Gasteiger partial charge is 0.463 e. The van der Waals surface area contributed by atoms with Crippen molar-refractivity contribution in [3.8, 4) is 0 Å². The van der Waals surface area contributed by atoms with E-state index in [1.54, 1.807) is 0 Å². The number of aliphatic hydroxyl groups excluding tert-OH is 1. The van der Waals surface area contributed by atoms with E-state index >= 15 is 0 Å². The van der Waals surface area contributed by atoms with E-state index in [1.807, 2.05) is 0 Å². The molecule has 0 aromatic carbocycles. The van der Waals surface area contributed by atoms with E-state index in [4.69, 9.17) is 13.8 Å². The molecule has 2 unspecified atom stereocenters. The second-order valence-corrected chi connectivity index (χ2v) is 14.7. The summed E-state index contributed by atoms with van der Waals surface area (Å²) in [5.41, 5.74) is 0. The summed E-state index contributed by atoms with van der Waals surface area (Å²) < 4.78 is 26.8. The number of phosphoric ester groups is 1. The molecule has 292 valence electrons. The van der Waals surface area contributed by atoms with Gasteiger partial charge in [0.05, 0.1) is 13.2 Å². The Morgan fingerprint density at radius 2 is 1.08 bits per heavy atom. The highest BCUT2D eigenvalue weighted by molar-refractivity contribution is 7.47. The van der Waals surface area contributed by atoms with E-state index in [1.165, 1.54) is 64.2 Å². The Labute approximate surface area is 305 Å². The molecule has 1 amide bonds. The van der Waals surface area contributed by atoms with Crippen LogP contribution in [0.5, 0.6) is 0 Å². The van der Waals surface area contributed by atoms with Crippen LogP contribution in [0.25, 0.3) is 0 Å². The van der Waals surface area contributed by atoms with Gasteiger partial charge in [0.15, 0.2) is 0 Å². The molecule has 0 heterocycles. The molecule has 0 rings (SSSR count). The summed E-state index contributed by atoms with van der Waals surface area (Å²) in [4.78, 5) is 33.8. The molecule has 0 aliphatic carbocycles. The molecule has 0 bridgehead atoms. The number of carbonyl (C=O) groups is 2. The van der Waals surface area contributed by atoms with Crippen molar-refractivity contribution in [3.63, 3.8) is 0 Å². The van der Waals surface area contributed by atoms with Crippen molar-refractivity contribution in [1.82, 2.24) is 5.32 Å². The molecule has 0 saturated heterocycles. The van der Waals surface area contributed by atoms with Gasteiger partial charge in [-0.2, -0.15) is 0 Å². The van der Waals surface area contributed by atoms with Gasteiger partial charge in [-0.1, -0.05) is 127 Å². The first-order chi connectivity index (χ1) is 24.3. The summed E-state index contributed by atoms with van der Waals surface area (Å²) in [6.45, 7) is 3.48. The monoisotopic (exact) mass is 728 g/mol. The number of hydrogen-bond donors (Lipinski definition) is 3. The minimum absolute atomic E-state index is 0.0729. The highest BCUT2D eigenvalue weighted by Crippen LogP contribution is 2.42. The Balaban J connectivity index is 3.65. The maximum atomic E-state index is 12.1. The number of phosphoric acid groups is 1. The third-order valence-corrected chi connectivity index (χ3v) is 9.28. The van der Waals surface area contributed by atoms with E-state index in [2.05, 4.69) is 55.6 Å². The number of rotatable bonds is 37. The molecular weight excluding hydrogens is 653 g/mol. The van der Waals surface area contributed by atoms with Crippen molar-refractivity contribution < 1.29 is 37.9 Å². The first-order valence-electron chi connectivity index (χ1n) is 20.0. The number of hydrogen-bond acceptors (Lipinski definition) is 7. The van der Waals surface area contributed by atoms with Crippen LogP contribution >= 0.6 is 7.82 Å². The minimum Gasteiger partial charge on any atom is -0.463 e. The third kappa shape index (κ3) is 37.5. The lowest BCUT2D eigenvalue weighted by atomic mass is 10.1. The van der Waals surface area contributed by atoms with Crippen LogP contribution in [0.1, 0.15) is 174 Å². The second kappa shape index (κ2) is 37.0. The summed E-state index contributed by atoms with van der Waals surface area (Å²) in [5.74, 6) is -0.540. The summed E-state index contributed by atoms with van der Waals surface area (Å²) in [5, 5.41) is 12.6. The van der Waals surface area contributed by atoms with E-state index in [9.17, 15) is 24.2 Å². The van der Waals surface area contributed by atoms with Gasteiger partial charge in [-0.25, -0.2) is 4.57 Å². The van der Waals surface area contributed by atoms with Gasteiger partial charge in [0.25, 0.3) is 0 Å². The van der Waals surface area contributed by atoms with E-state index < -0.39 is 26.5 Å². The zero-order valence-electron chi connectivity index (χ0n) is 31.8. The Hall–Kier alpha value is -1.77. The van der Waals surface area contributed by atoms with Crippen molar-refractivity contribution in [2.24, 2.45) is 0 Å². The van der Waals surface area contributed by atoms with Gasteiger partial charge in [-0.15, -0.1) is 0 Å². The molecule has 0 aliphatic rings. The number of esters is 1. The van der Waals surface area contributed by atoms with E-state index in [0.29, 0.717) is 6.42 Å². The van der Waals surface area contributed by atoms with Gasteiger partial charge < -0.3 is 20.1 Å². The Bertz CT molecular complexity index is 923. The second-order valence-electron chi connectivity index (χ2n) is 13.2. The number of carbonyl (C=O) groups excluding carboxylic acids is 2. The highest BCUT2D eigenvalue weighted by Gasteiger charge is 2.23. The summed E-state index contributed by atoms with van der Waals surface area (Å²) in [7, 11) is -4.42. The lowest BCUT2D eigenvalue weighted by molar-refractivity contribution is -0.147. The van der Waals surface area contributed by atoms with Crippen molar-refractivity contribution in [1.29, 1.82) is 0 Å². The predicted molar refractivity (Wildman–Crippen MR) is 206 cm³/mol. The average Bonchev–Trinajstić information content (AvgIpc) is 3.10. The van der Waals surface area contributed by atoms with Gasteiger partial charge in [0.1, 0.15) is 12.7 Å². The first kappa shape index (κ1) is 48.2. The average molecular weight is 728 g/mol. The van der Waals surface area contributed by atoms with Crippen LogP contribution < -0.4 is 5.32 Å². The largest absolute Gasteiger partial charge is 0.472 e. The standard InChI is InChI=1S/C40H74NO8P/c1-3-5-7-9-11-13-15-17-18-19-21-22-24-26-28-30-32-39(43)41-34-35-48-50(45,46)49-37-38(42)36-47-40(44)33-31-29-27-25-23-20-16-14-12-10-8-6-4-2/h13-16,18-19,38,42H,3-12,17,20-37H2,1-2H3,(H,41,43)(H,45,46)/b15-13-,16-14-,19-18-. The maximum Gasteiger partial charge on any atom is 0.472 e. The van der Waals surface area contributed by atoms with E-state index in [0.717, 1.165) is 83.5 Å². The number of nitrogens with one attached hydrogen (secondary N) is 1. The SMILES string of the molecule is CCCCCC/C=C\C/C=C\CCCCCCCC(=O)NCCOP(=O)(O)OCC(O)COC(=O)CCCCCCC/C=C\CCCCCC. The fourth-order valence-corrected chi connectivity index (χ4v) is 5.98. The zero-order valence-corrected chi connectivity index (χ0v) is 32.7. The summed E-state index contributed by atoms with van der Waals surface area (Å²) in [6, 6.07) is 0. The molecule has 0 saturated carbocycles. The summed E-state index contributed by atoms with van der Waals surface area (Å²) >= 11 is 0. The molecule has 10 heteroatoms. The van der Waals surface area contributed by atoms with Crippen LogP contribution in [0.15, 0.2) is 36.5 Å². The normalized spacial score (nSPS) is 13.8. The molecule has 3 N–H and O–H groups in total. The maximum absolute atomic E-state index is 12.1. The Morgan fingerprint density at radius 3 is 1.62 bits per heavy atom. The lowest BCUT2D eigenvalue weighted by Crippen LogP contribution is -2.27. The van der Waals surface area contributed by atoms with Crippen LogP contribution in [0.3, 0.4) is 0 Å². The fraction of sp³-hybridized carbons (Fsp3) is 0.800. The molecule has 0 aromatic heterocycles. The number of unbranched alkanes of at least 4 members (excludes halogenated alkanes) is 18. The van der Waals surface area contributed by atoms with Gasteiger partial charge in [-0.05, 0) is 70.6 Å². The van der Waals surface area contributed by atoms with Gasteiger partial charge >= 0.3 is 13.8 Å². The molecule has 0 radical (unpaired) electrons. The quantitative estimate of drug-likeness (QED) is 0.0249. The van der Waals surface area contributed by atoms with Gasteiger partial charge in [-0.3, -0.25) is 18.6 Å². The number of amides is 1. The molecule has 0 aliphatic heterocycles. The summed E-state index contributed by atoms with van der Waals surface area (Å²) in [6.07, 6.45) is 39.2. The van der Waals surface area contributed by atoms with Crippen LogP contribution in [0.2, 0.25) is 0 Å². The van der Waals surface area contributed by atoms with Gasteiger partial charge in [0, 0.05) is 19.4 Å². The van der Waals surface area contributed by atoms with Crippen LogP contribution in [0.4, 0.5) is 0 Å². The van der Waals surface area contributed by atoms with Crippen molar-refractivity contribution in [2.45, 2.75) is 180 Å². The predicted octanol–water partition coefficient (Wildman–Crippen LogP) is 10.6. The van der Waals surface area contributed by atoms with Crippen molar-refractivity contribution >= 4 is 19.7 Å². The number of ether oxygens (including phenoxy) is 1.